The molecular formula is C17H15NO4. The van der Waals surface area contributed by atoms with Gasteiger partial charge in [-0.25, -0.2) is 0 Å². The first-order valence-corrected chi connectivity index (χ1v) is 6.86. The minimum Gasteiger partial charge on any atom is -0.497 e. The number of aliphatic carboxylic acids is 1. The molecule has 2 aromatic rings. The van der Waals surface area contributed by atoms with Gasteiger partial charge in [0.25, 0.3) is 0 Å². The number of methoxy groups -OCH3 is 1. The zero-order valence-corrected chi connectivity index (χ0v) is 12.0. The third-order valence-corrected chi connectivity index (χ3v) is 3.64. The Morgan fingerprint density at radius 1 is 1.14 bits per heavy atom. The highest BCUT2D eigenvalue weighted by Gasteiger charge is 2.41. The Balaban J connectivity index is 1.92. The molecule has 22 heavy (non-hydrogen) atoms. The number of rotatable bonds is 4. The Kier molecular flexibility index (Phi) is 3.78. The maximum Gasteiger partial charge on any atom is 0.317 e. The number of carboxylic acid groups (broad SMARTS) is 1. The molecular weight excluding hydrogens is 282 g/mol. The van der Waals surface area contributed by atoms with Crippen molar-refractivity contribution in [2.24, 2.45) is 11.1 Å². The quantitative estimate of drug-likeness (QED) is 0.942. The maximum absolute atomic E-state index is 11.7. The Labute approximate surface area is 127 Å². The highest BCUT2D eigenvalue weighted by molar-refractivity contribution is 6.12. The molecule has 0 aliphatic carbocycles. The molecule has 112 valence electrons. The monoisotopic (exact) mass is 297 g/mol. The standard InChI is InChI=1S/C17H15NO4/c1-21-13-9-7-12(8-10-13)16-14(17(19)20)15(18-22-16)11-5-3-2-4-6-11/h2-10,14,16H,1H3,(H,19,20)/t14-,16+/m1/s1. The second kappa shape index (κ2) is 5.89. The van der Waals surface area contributed by atoms with E-state index in [1.54, 1.807) is 31.4 Å². The lowest BCUT2D eigenvalue weighted by Crippen LogP contribution is -2.26. The lowest BCUT2D eigenvalue weighted by atomic mass is 9.89. The van der Waals surface area contributed by atoms with Gasteiger partial charge in [-0.2, -0.15) is 0 Å². The normalized spacial score (nSPS) is 20.1. The van der Waals surface area contributed by atoms with E-state index >= 15 is 0 Å². The van der Waals surface area contributed by atoms with E-state index in [0.29, 0.717) is 11.5 Å². The van der Waals surface area contributed by atoms with Crippen LogP contribution in [-0.4, -0.2) is 23.9 Å². The molecule has 0 bridgehead atoms. The number of carbonyl (C=O) groups is 1. The molecule has 2 aromatic carbocycles. The second-order valence-corrected chi connectivity index (χ2v) is 4.96. The summed E-state index contributed by atoms with van der Waals surface area (Å²) in [6.45, 7) is 0. The average molecular weight is 297 g/mol. The molecule has 0 amide bonds. The van der Waals surface area contributed by atoms with Crippen molar-refractivity contribution in [2.45, 2.75) is 6.10 Å². The minimum absolute atomic E-state index is 0.439. The van der Waals surface area contributed by atoms with Crippen molar-refractivity contribution >= 4 is 11.7 Å². The number of nitrogens with zero attached hydrogens (tertiary/aromatic N) is 1. The van der Waals surface area contributed by atoms with Crippen LogP contribution in [-0.2, 0) is 9.63 Å². The van der Waals surface area contributed by atoms with Crippen molar-refractivity contribution in [1.82, 2.24) is 0 Å². The minimum atomic E-state index is -0.957. The van der Waals surface area contributed by atoms with Crippen molar-refractivity contribution in [2.75, 3.05) is 7.11 Å². The van der Waals surface area contributed by atoms with Crippen molar-refractivity contribution in [3.8, 4) is 5.75 Å². The lowest BCUT2D eigenvalue weighted by Gasteiger charge is -2.15. The summed E-state index contributed by atoms with van der Waals surface area (Å²) < 4.78 is 5.11. The Morgan fingerprint density at radius 3 is 2.41 bits per heavy atom. The molecule has 0 radical (unpaired) electrons. The Morgan fingerprint density at radius 2 is 1.82 bits per heavy atom. The number of hydrogen-bond acceptors (Lipinski definition) is 4. The lowest BCUT2D eigenvalue weighted by molar-refractivity contribution is -0.142. The van der Waals surface area contributed by atoms with E-state index in [4.69, 9.17) is 9.57 Å². The first-order chi connectivity index (χ1) is 10.7. The number of oxime groups is 1. The molecule has 0 spiro atoms. The van der Waals surface area contributed by atoms with E-state index in [9.17, 15) is 9.90 Å². The van der Waals surface area contributed by atoms with Crippen LogP contribution in [0.5, 0.6) is 5.75 Å². The number of ether oxygens (including phenoxy) is 1. The SMILES string of the molecule is COc1ccc([C@@H]2ON=C(c3ccccc3)[C@H]2C(=O)O)cc1. The van der Waals surface area contributed by atoms with Crippen molar-refractivity contribution in [3.63, 3.8) is 0 Å². The van der Waals surface area contributed by atoms with Gasteiger partial charge in [0, 0.05) is 5.56 Å². The molecule has 1 aliphatic heterocycles. The van der Waals surface area contributed by atoms with Gasteiger partial charge in [-0.3, -0.25) is 4.79 Å². The van der Waals surface area contributed by atoms with Crippen molar-refractivity contribution in [3.05, 3.63) is 65.7 Å². The first kappa shape index (κ1) is 14.1. The summed E-state index contributed by atoms with van der Waals surface area (Å²) in [5.41, 5.74) is 1.95. The van der Waals surface area contributed by atoms with Crippen molar-refractivity contribution < 1.29 is 19.5 Å². The van der Waals surface area contributed by atoms with Crippen LogP contribution in [0.25, 0.3) is 0 Å². The van der Waals surface area contributed by atoms with Gasteiger partial charge >= 0.3 is 5.97 Å². The summed E-state index contributed by atoms with van der Waals surface area (Å²) in [6.07, 6.45) is -0.640. The molecule has 5 nitrogen and oxygen atoms in total. The van der Waals surface area contributed by atoms with Crippen LogP contribution < -0.4 is 4.74 Å². The molecule has 5 heteroatoms. The van der Waals surface area contributed by atoms with Crippen LogP contribution in [0.4, 0.5) is 0 Å². The fourth-order valence-corrected chi connectivity index (χ4v) is 2.51. The van der Waals surface area contributed by atoms with E-state index in [2.05, 4.69) is 5.16 Å². The van der Waals surface area contributed by atoms with Gasteiger partial charge in [0.1, 0.15) is 17.4 Å². The highest BCUT2D eigenvalue weighted by Crippen LogP contribution is 2.35. The van der Waals surface area contributed by atoms with Gasteiger partial charge in [-0.1, -0.05) is 47.6 Å². The van der Waals surface area contributed by atoms with E-state index in [0.717, 1.165) is 11.1 Å². The van der Waals surface area contributed by atoms with Crippen LogP contribution in [0.15, 0.2) is 59.8 Å². The predicted molar refractivity (Wildman–Crippen MR) is 80.9 cm³/mol. The van der Waals surface area contributed by atoms with Gasteiger partial charge in [0.15, 0.2) is 6.10 Å². The number of hydrogen-bond donors (Lipinski definition) is 1. The van der Waals surface area contributed by atoms with Gasteiger partial charge in [-0.15, -0.1) is 0 Å². The summed E-state index contributed by atoms with van der Waals surface area (Å²) in [6, 6.07) is 16.4. The Bertz CT molecular complexity index is 694. The molecule has 0 saturated carbocycles. The fourth-order valence-electron chi connectivity index (χ4n) is 2.51. The van der Waals surface area contributed by atoms with Crippen LogP contribution in [0.3, 0.4) is 0 Å². The van der Waals surface area contributed by atoms with Crippen LogP contribution in [0, 0.1) is 5.92 Å². The van der Waals surface area contributed by atoms with E-state index in [1.165, 1.54) is 0 Å². The zero-order valence-electron chi connectivity index (χ0n) is 12.0. The molecule has 2 atom stereocenters. The molecule has 0 saturated heterocycles. The van der Waals surface area contributed by atoms with Gasteiger partial charge in [0.2, 0.25) is 0 Å². The van der Waals surface area contributed by atoms with E-state index < -0.39 is 18.0 Å². The smallest absolute Gasteiger partial charge is 0.317 e. The highest BCUT2D eigenvalue weighted by atomic mass is 16.6. The molecule has 3 rings (SSSR count). The van der Waals surface area contributed by atoms with E-state index in [1.807, 2.05) is 30.3 Å². The third-order valence-electron chi connectivity index (χ3n) is 3.64. The van der Waals surface area contributed by atoms with Gasteiger partial charge in [0.05, 0.1) is 7.11 Å². The molecule has 1 heterocycles. The summed E-state index contributed by atoms with van der Waals surface area (Å²) in [5, 5.41) is 13.6. The number of carboxylic acids is 1. The fraction of sp³-hybridized carbons (Fsp3) is 0.176. The molecule has 0 unspecified atom stereocenters. The summed E-state index contributed by atoms with van der Waals surface area (Å²) >= 11 is 0. The van der Waals surface area contributed by atoms with Gasteiger partial charge in [-0.05, 0) is 17.7 Å². The molecule has 1 N–H and O–H groups in total. The number of benzene rings is 2. The summed E-state index contributed by atoms with van der Waals surface area (Å²) in [7, 11) is 1.58. The second-order valence-electron chi connectivity index (χ2n) is 4.96. The van der Waals surface area contributed by atoms with Crippen LogP contribution in [0.1, 0.15) is 17.2 Å². The predicted octanol–water partition coefficient (Wildman–Crippen LogP) is 2.87. The molecule has 0 aromatic heterocycles. The molecule has 0 fully saturated rings. The molecule has 1 aliphatic rings. The van der Waals surface area contributed by atoms with Gasteiger partial charge < -0.3 is 14.7 Å². The topological polar surface area (TPSA) is 68.1 Å². The van der Waals surface area contributed by atoms with Crippen LogP contribution in [0.2, 0.25) is 0 Å². The zero-order chi connectivity index (χ0) is 15.5. The average Bonchev–Trinajstić information content (AvgIpc) is 3.01. The van der Waals surface area contributed by atoms with E-state index in [-0.39, 0.29) is 0 Å². The first-order valence-electron chi connectivity index (χ1n) is 6.86. The third kappa shape index (κ3) is 2.53. The summed E-state index contributed by atoms with van der Waals surface area (Å²) in [4.78, 5) is 17.1. The largest absolute Gasteiger partial charge is 0.497 e. The maximum atomic E-state index is 11.7. The summed E-state index contributed by atoms with van der Waals surface area (Å²) in [5.74, 6) is -1.09. The van der Waals surface area contributed by atoms with Crippen LogP contribution >= 0.6 is 0 Å². The Hall–Kier alpha value is -2.82. The van der Waals surface area contributed by atoms with Crippen molar-refractivity contribution in [1.29, 1.82) is 0 Å².